The second kappa shape index (κ2) is 5.09. The van der Waals surface area contributed by atoms with Gasteiger partial charge in [0, 0.05) is 19.4 Å². The third-order valence-corrected chi connectivity index (χ3v) is 3.88. The second-order valence-electron chi connectivity index (χ2n) is 5.16. The van der Waals surface area contributed by atoms with Gasteiger partial charge in [-0.15, -0.1) is 0 Å². The van der Waals surface area contributed by atoms with Crippen molar-refractivity contribution in [3.8, 4) is 11.4 Å². The van der Waals surface area contributed by atoms with Crippen molar-refractivity contribution in [2.24, 2.45) is 13.0 Å². The molecular formula is C14H19N5. The lowest BCUT2D eigenvalue weighted by atomic mass is 10.0. The van der Waals surface area contributed by atoms with Crippen molar-refractivity contribution in [3.05, 3.63) is 30.1 Å². The average molecular weight is 257 g/mol. The number of aryl methyl sites for hydroxylation is 1. The molecule has 1 N–H and O–H groups in total. The highest BCUT2D eigenvalue weighted by atomic mass is 15.1. The maximum atomic E-state index is 4.54. The van der Waals surface area contributed by atoms with E-state index in [-0.39, 0.29) is 0 Å². The van der Waals surface area contributed by atoms with Gasteiger partial charge in [0.25, 0.3) is 0 Å². The number of hydrogen-bond donors (Lipinski definition) is 1. The van der Waals surface area contributed by atoms with Crippen molar-refractivity contribution >= 4 is 0 Å². The smallest absolute Gasteiger partial charge is 0.110 e. The molecule has 0 spiro atoms. The highest BCUT2D eigenvalue weighted by Crippen LogP contribution is 2.23. The quantitative estimate of drug-likeness (QED) is 0.901. The molecule has 1 aliphatic rings. The summed E-state index contributed by atoms with van der Waals surface area (Å²) in [5.74, 6) is 1.67. The third-order valence-electron chi connectivity index (χ3n) is 3.88. The summed E-state index contributed by atoms with van der Waals surface area (Å²) in [4.78, 5) is 13.4. The minimum absolute atomic E-state index is 0.671. The fraction of sp³-hybridized carbons (Fsp3) is 0.500. The molecule has 5 heteroatoms. The van der Waals surface area contributed by atoms with Crippen LogP contribution in [0.1, 0.15) is 17.9 Å². The minimum Gasteiger partial charge on any atom is -0.330 e. The molecule has 1 unspecified atom stereocenters. The van der Waals surface area contributed by atoms with Gasteiger partial charge in [0.1, 0.15) is 11.5 Å². The lowest BCUT2D eigenvalue weighted by Gasteiger charge is -2.11. The number of nitrogens with zero attached hydrogens (tertiary/aromatic N) is 4. The molecule has 19 heavy (non-hydrogen) atoms. The highest BCUT2D eigenvalue weighted by Gasteiger charge is 2.19. The van der Waals surface area contributed by atoms with Gasteiger partial charge in [0.2, 0.25) is 0 Å². The monoisotopic (exact) mass is 257 g/mol. The normalized spacial score (nSPS) is 18.9. The lowest BCUT2D eigenvalue weighted by Crippen LogP contribution is -2.12. The van der Waals surface area contributed by atoms with Crippen LogP contribution < -0.4 is 5.32 Å². The first-order valence-corrected chi connectivity index (χ1v) is 6.75. The maximum Gasteiger partial charge on any atom is 0.110 e. The van der Waals surface area contributed by atoms with Gasteiger partial charge in [-0.25, -0.2) is 4.98 Å². The summed E-state index contributed by atoms with van der Waals surface area (Å²) < 4.78 is 2.07. The van der Waals surface area contributed by atoms with E-state index < -0.39 is 0 Å². The van der Waals surface area contributed by atoms with Crippen LogP contribution in [0, 0.1) is 12.8 Å². The fourth-order valence-electron chi connectivity index (χ4n) is 2.61. The first kappa shape index (κ1) is 12.3. The number of rotatable bonds is 3. The van der Waals surface area contributed by atoms with E-state index in [2.05, 4.69) is 24.8 Å². The van der Waals surface area contributed by atoms with Crippen molar-refractivity contribution in [1.82, 2.24) is 24.8 Å². The van der Waals surface area contributed by atoms with Crippen LogP contribution in [0.15, 0.2) is 18.6 Å². The second-order valence-corrected chi connectivity index (χ2v) is 5.16. The van der Waals surface area contributed by atoms with E-state index in [0.717, 1.165) is 42.4 Å². The largest absolute Gasteiger partial charge is 0.330 e. The van der Waals surface area contributed by atoms with E-state index in [0.29, 0.717) is 5.92 Å². The first-order valence-electron chi connectivity index (χ1n) is 6.75. The van der Waals surface area contributed by atoms with Gasteiger partial charge >= 0.3 is 0 Å². The Hall–Kier alpha value is -1.75. The van der Waals surface area contributed by atoms with E-state index in [9.17, 15) is 0 Å². The first-order chi connectivity index (χ1) is 9.25. The standard InChI is InChI=1S/C14H19N5/c1-10-18-9-13(19(10)2)14-12(16-5-6-17-14)7-11-3-4-15-8-11/h5-6,9,11,15H,3-4,7-8H2,1-2H3. The maximum absolute atomic E-state index is 4.54. The van der Waals surface area contributed by atoms with E-state index in [4.69, 9.17) is 0 Å². The van der Waals surface area contributed by atoms with Crippen LogP contribution in [-0.4, -0.2) is 32.6 Å². The molecule has 0 aliphatic carbocycles. The van der Waals surface area contributed by atoms with Gasteiger partial charge in [0.15, 0.2) is 0 Å². The number of imidazole rings is 1. The van der Waals surface area contributed by atoms with Crippen molar-refractivity contribution in [2.45, 2.75) is 19.8 Å². The zero-order chi connectivity index (χ0) is 13.2. The van der Waals surface area contributed by atoms with Crippen molar-refractivity contribution < 1.29 is 0 Å². The molecule has 5 nitrogen and oxygen atoms in total. The molecule has 3 rings (SSSR count). The predicted molar refractivity (Wildman–Crippen MR) is 73.7 cm³/mol. The van der Waals surface area contributed by atoms with Gasteiger partial charge in [0.05, 0.1) is 17.6 Å². The summed E-state index contributed by atoms with van der Waals surface area (Å²) in [6, 6.07) is 0. The molecule has 1 saturated heterocycles. The number of aromatic nitrogens is 4. The molecule has 0 bridgehead atoms. The molecular weight excluding hydrogens is 238 g/mol. The van der Waals surface area contributed by atoms with Gasteiger partial charge in [-0.3, -0.25) is 9.97 Å². The SMILES string of the molecule is Cc1ncc(-c2nccnc2CC2CCNC2)n1C. The predicted octanol–water partition coefficient (Wildman–Crippen LogP) is 1.34. The molecule has 0 amide bonds. The van der Waals surface area contributed by atoms with Gasteiger partial charge < -0.3 is 9.88 Å². The summed E-state index contributed by atoms with van der Waals surface area (Å²) in [5, 5.41) is 3.40. The number of nitrogens with one attached hydrogen (secondary N) is 1. The average Bonchev–Trinajstić information content (AvgIpc) is 3.03. The lowest BCUT2D eigenvalue weighted by molar-refractivity contribution is 0.571. The van der Waals surface area contributed by atoms with Crippen LogP contribution in [0.5, 0.6) is 0 Å². The van der Waals surface area contributed by atoms with E-state index >= 15 is 0 Å². The Morgan fingerprint density at radius 2 is 2.16 bits per heavy atom. The molecule has 1 aliphatic heterocycles. The third kappa shape index (κ3) is 2.38. The molecule has 1 fully saturated rings. The molecule has 3 heterocycles. The van der Waals surface area contributed by atoms with Crippen LogP contribution >= 0.6 is 0 Å². The summed E-state index contributed by atoms with van der Waals surface area (Å²) in [7, 11) is 2.02. The van der Waals surface area contributed by atoms with Crippen LogP contribution in [-0.2, 0) is 13.5 Å². The van der Waals surface area contributed by atoms with Crippen LogP contribution in [0.25, 0.3) is 11.4 Å². The Labute approximate surface area is 113 Å². The molecule has 0 aromatic carbocycles. The van der Waals surface area contributed by atoms with E-state index in [1.807, 2.05) is 20.2 Å². The Kier molecular flexibility index (Phi) is 3.29. The van der Waals surface area contributed by atoms with Gasteiger partial charge in [-0.1, -0.05) is 0 Å². The molecule has 0 saturated carbocycles. The zero-order valence-corrected chi connectivity index (χ0v) is 11.4. The topological polar surface area (TPSA) is 55.6 Å². The molecule has 100 valence electrons. The van der Waals surface area contributed by atoms with Crippen molar-refractivity contribution in [3.63, 3.8) is 0 Å². The summed E-state index contributed by atoms with van der Waals surface area (Å²) in [5.41, 5.74) is 3.10. The summed E-state index contributed by atoms with van der Waals surface area (Å²) in [6.45, 7) is 4.20. The van der Waals surface area contributed by atoms with Crippen LogP contribution in [0.3, 0.4) is 0 Å². The minimum atomic E-state index is 0.671. The fourth-order valence-corrected chi connectivity index (χ4v) is 2.61. The van der Waals surface area contributed by atoms with Crippen molar-refractivity contribution in [1.29, 1.82) is 0 Å². The summed E-state index contributed by atoms with van der Waals surface area (Å²) in [6.07, 6.45) is 7.63. The Bertz CT molecular complexity index is 569. The molecule has 2 aromatic rings. The van der Waals surface area contributed by atoms with Crippen LogP contribution in [0.2, 0.25) is 0 Å². The van der Waals surface area contributed by atoms with E-state index in [1.165, 1.54) is 6.42 Å². The molecule has 0 radical (unpaired) electrons. The zero-order valence-electron chi connectivity index (χ0n) is 11.4. The van der Waals surface area contributed by atoms with Crippen molar-refractivity contribution in [2.75, 3.05) is 13.1 Å². The molecule has 2 aromatic heterocycles. The summed E-state index contributed by atoms with van der Waals surface area (Å²) >= 11 is 0. The van der Waals surface area contributed by atoms with Gasteiger partial charge in [-0.05, 0) is 38.8 Å². The molecule has 1 atom stereocenters. The van der Waals surface area contributed by atoms with Crippen LogP contribution in [0.4, 0.5) is 0 Å². The highest BCUT2D eigenvalue weighted by molar-refractivity contribution is 5.57. The Morgan fingerprint density at radius 3 is 2.84 bits per heavy atom. The number of hydrogen-bond acceptors (Lipinski definition) is 4. The Balaban J connectivity index is 1.94. The van der Waals surface area contributed by atoms with E-state index in [1.54, 1.807) is 12.4 Å². The Morgan fingerprint density at radius 1 is 1.32 bits per heavy atom. The van der Waals surface area contributed by atoms with Gasteiger partial charge in [-0.2, -0.15) is 0 Å².